The number of hydrogen-bond acceptors (Lipinski definition) is 3. The summed E-state index contributed by atoms with van der Waals surface area (Å²) in [6.45, 7) is 0.130. The van der Waals surface area contributed by atoms with Gasteiger partial charge in [0, 0.05) is 10.4 Å². The maximum atomic E-state index is 12.4. The lowest BCUT2D eigenvalue weighted by molar-refractivity contribution is -0.139. The van der Waals surface area contributed by atoms with E-state index in [9.17, 15) is 14.7 Å². The molecule has 0 radical (unpaired) electrons. The first-order chi connectivity index (χ1) is 14.0. The molecule has 2 N–H and O–H groups in total. The zero-order chi connectivity index (χ0) is 20.4. The molecule has 0 saturated heterocycles. The third-order valence-electron chi connectivity index (χ3n) is 5.03. The van der Waals surface area contributed by atoms with Crippen LogP contribution in [0, 0.1) is 0 Å². The second-order valence-corrected chi connectivity index (χ2v) is 7.71. The number of aliphatic carboxylic acids is 1. The van der Waals surface area contributed by atoms with Gasteiger partial charge >= 0.3 is 12.1 Å². The van der Waals surface area contributed by atoms with Crippen molar-refractivity contribution in [1.82, 2.24) is 5.32 Å². The Morgan fingerprint density at radius 3 is 2.17 bits per heavy atom. The van der Waals surface area contributed by atoms with E-state index in [0.29, 0.717) is 5.56 Å². The van der Waals surface area contributed by atoms with Gasteiger partial charge in [0.15, 0.2) is 6.04 Å². The summed E-state index contributed by atoms with van der Waals surface area (Å²) in [5.74, 6) is -1.24. The molecule has 3 aromatic rings. The molecule has 0 bridgehead atoms. The predicted molar refractivity (Wildman–Crippen MR) is 113 cm³/mol. The Morgan fingerprint density at radius 1 is 0.966 bits per heavy atom. The van der Waals surface area contributed by atoms with Gasteiger partial charge in [-0.15, -0.1) is 0 Å². The normalized spacial score (nSPS) is 13.3. The molecule has 0 saturated carbocycles. The van der Waals surface area contributed by atoms with E-state index in [-0.39, 0.29) is 12.5 Å². The zero-order valence-corrected chi connectivity index (χ0v) is 16.9. The number of nitrogens with one attached hydrogen (secondary N) is 1. The number of hydrogen-bond donors (Lipinski definition) is 2. The highest BCUT2D eigenvalue weighted by Crippen LogP contribution is 2.44. The molecule has 0 heterocycles. The molecular weight excluding hydrogens is 434 g/mol. The number of carbonyl (C=O) groups excluding carboxylic acids is 1. The van der Waals surface area contributed by atoms with Crippen LogP contribution in [0.25, 0.3) is 11.1 Å². The summed E-state index contributed by atoms with van der Waals surface area (Å²) in [5.41, 5.74) is 4.93. The van der Waals surface area contributed by atoms with Gasteiger partial charge in [-0.25, -0.2) is 9.59 Å². The molecule has 29 heavy (non-hydrogen) atoms. The molecule has 0 aliphatic heterocycles. The van der Waals surface area contributed by atoms with Gasteiger partial charge in [-0.2, -0.15) is 0 Å². The van der Waals surface area contributed by atoms with Gasteiger partial charge in [0.05, 0.1) is 0 Å². The third kappa shape index (κ3) is 3.89. The van der Waals surface area contributed by atoms with Crippen LogP contribution in [0.3, 0.4) is 0 Å². The second kappa shape index (κ2) is 8.09. The Kier molecular flexibility index (Phi) is 5.36. The summed E-state index contributed by atoms with van der Waals surface area (Å²) < 4.78 is 6.18. The number of carboxylic acid groups (broad SMARTS) is 1. The van der Waals surface area contributed by atoms with Crippen molar-refractivity contribution >= 4 is 28.0 Å². The number of alkyl carbamates (subject to hydrolysis) is 1. The Balaban J connectivity index is 1.49. The van der Waals surface area contributed by atoms with E-state index >= 15 is 0 Å². The molecule has 3 aromatic carbocycles. The van der Waals surface area contributed by atoms with Crippen molar-refractivity contribution in [3.8, 4) is 11.1 Å². The molecule has 0 fully saturated rings. The van der Waals surface area contributed by atoms with Crippen molar-refractivity contribution in [1.29, 1.82) is 0 Å². The third-order valence-corrected chi connectivity index (χ3v) is 5.53. The maximum Gasteiger partial charge on any atom is 0.408 e. The van der Waals surface area contributed by atoms with Crippen molar-refractivity contribution < 1.29 is 19.4 Å². The molecule has 1 amide bonds. The minimum atomic E-state index is -1.19. The van der Waals surface area contributed by atoms with Gasteiger partial charge in [0.2, 0.25) is 0 Å². The SMILES string of the molecule is O=C(N[C@@H](C(=O)O)c1cccc(Br)c1)OCC1c2ccccc2-c2ccccc21. The average molecular weight is 452 g/mol. The van der Waals surface area contributed by atoms with Crippen LogP contribution in [0.5, 0.6) is 0 Å². The van der Waals surface area contributed by atoms with Crippen LogP contribution in [-0.4, -0.2) is 23.8 Å². The van der Waals surface area contributed by atoms with Gasteiger partial charge in [-0.05, 0) is 39.9 Å². The molecule has 0 spiro atoms. The van der Waals surface area contributed by atoms with Gasteiger partial charge in [0.1, 0.15) is 6.61 Å². The van der Waals surface area contributed by atoms with E-state index in [1.807, 2.05) is 36.4 Å². The van der Waals surface area contributed by atoms with Crippen LogP contribution in [0.15, 0.2) is 77.3 Å². The quantitative estimate of drug-likeness (QED) is 0.564. The van der Waals surface area contributed by atoms with Crippen LogP contribution in [0.4, 0.5) is 4.79 Å². The van der Waals surface area contributed by atoms with E-state index in [0.717, 1.165) is 26.7 Å². The topological polar surface area (TPSA) is 75.6 Å². The van der Waals surface area contributed by atoms with E-state index in [1.54, 1.807) is 24.3 Å². The summed E-state index contributed by atoms with van der Waals surface area (Å²) in [7, 11) is 0. The number of rotatable bonds is 5. The lowest BCUT2D eigenvalue weighted by atomic mass is 9.98. The summed E-state index contributed by atoms with van der Waals surface area (Å²) in [6, 6.07) is 21.7. The second-order valence-electron chi connectivity index (χ2n) is 6.80. The lowest BCUT2D eigenvalue weighted by Gasteiger charge is -2.18. The summed E-state index contributed by atoms with van der Waals surface area (Å²) in [4.78, 5) is 24.0. The van der Waals surface area contributed by atoms with Gasteiger partial charge < -0.3 is 15.2 Å². The van der Waals surface area contributed by atoms with Crippen LogP contribution in [-0.2, 0) is 9.53 Å². The van der Waals surface area contributed by atoms with Crippen molar-refractivity contribution in [2.45, 2.75) is 12.0 Å². The molecule has 1 aliphatic rings. The minimum Gasteiger partial charge on any atom is -0.479 e. The number of carboxylic acids is 1. The number of carbonyl (C=O) groups is 2. The number of benzene rings is 3. The van der Waals surface area contributed by atoms with E-state index in [4.69, 9.17) is 4.74 Å². The highest BCUT2D eigenvalue weighted by Gasteiger charge is 2.30. The summed E-state index contributed by atoms with van der Waals surface area (Å²) in [6.07, 6.45) is -0.765. The number of fused-ring (bicyclic) bond motifs is 3. The molecular formula is C23H18BrNO4. The van der Waals surface area contributed by atoms with Crippen LogP contribution >= 0.6 is 15.9 Å². The molecule has 6 heteroatoms. The van der Waals surface area contributed by atoms with E-state index in [2.05, 4.69) is 33.4 Å². The smallest absolute Gasteiger partial charge is 0.408 e. The molecule has 5 nitrogen and oxygen atoms in total. The molecule has 146 valence electrons. The Hall–Kier alpha value is -3.12. The fraction of sp³-hybridized carbons (Fsp3) is 0.130. The molecule has 1 atom stereocenters. The number of ether oxygens (including phenoxy) is 1. The minimum absolute atomic E-state index is 0.0812. The standard InChI is InChI=1S/C23H18BrNO4/c24-15-7-5-6-14(12-15)21(22(26)27)25-23(28)29-13-20-18-10-3-1-8-16(18)17-9-2-4-11-19(17)20/h1-12,20-21H,13H2,(H,25,28)(H,26,27)/t21-/m1/s1. The van der Waals surface area contributed by atoms with Crippen LogP contribution in [0.2, 0.25) is 0 Å². The highest BCUT2D eigenvalue weighted by molar-refractivity contribution is 9.10. The largest absolute Gasteiger partial charge is 0.479 e. The van der Waals surface area contributed by atoms with E-state index in [1.165, 1.54) is 0 Å². The lowest BCUT2D eigenvalue weighted by Crippen LogP contribution is -2.34. The number of amides is 1. The predicted octanol–water partition coefficient (Wildman–Crippen LogP) is 5.11. The Morgan fingerprint density at radius 2 is 1.59 bits per heavy atom. The zero-order valence-electron chi connectivity index (χ0n) is 15.3. The Bertz CT molecular complexity index is 1040. The maximum absolute atomic E-state index is 12.4. The van der Waals surface area contributed by atoms with Crippen molar-refractivity contribution in [2.75, 3.05) is 6.61 Å². The van der Waals surface area contributed by atoms with E-state index < -0.39 is 18.1 Å². The van der Waals surface area contributed by atoms with Crippen LogP contribution in [0.1, 0.15) is 28.7 Å². The molecule has 0 aromatic heterocycles. The number of halogens is 1. The summed E-state index contributed by atoms with van der Waals surface area (Å²) >= 11 is 3.32. The monoisotopic (exact) mass is 451 g/mol. The fourth-order valence-corrected chi connectivity index (χ4v) is 4.15. The first kappa shape index (κ1) is 19.2. The van der Waals surface area contributed by atoms with Gasteiger partial charge in [-0.3, -0.25) is 0 Å². The highest BCUT2D eigenvalue weighted by atomic mass is 79.9. The molecule has 0 unspecified atom stereocenters. The van der Waals surface area contributed by atoms with Crippen molar-refractivity contribution in [3.63, 3.8) is 0 Å². The first-order valence-electron chi connectivity index (χ1n) is 9.14. The Labute approximate surface area is 176 Å². The molecule has 1 aliphatic carbocycles. The molecule has 4 rings (SSSR count). The van der Waals surface area contributed by atoms with Crippen molar-refractivity contribution in [3.05, 3.63) is 94.0 Å². The van der Waals surface area contributed by atoms with Crippen molar-refractivity contribution in [2.24, 2.45) is 0 Å². The summed E-state index contributed by atoms with van der Waals surface area (Å²) in [5, 5.41) is 12.0. The van der Waals surface area contributed by atoms with Gasteiger partial charge in [0.25, 0.3) is 0 Å². The average Bonchev–Trinajstić information content (AvgIpc) is 3.04. The van der Waals surface area contributed by atoms with Gasteiger partial charge in [-0.1, -0.05) is 76.6 Å². The first-order valence-corrected chi connectivity index (χ1v) is 9.93. The van der Waals surface area contributed by atoms with Crippen LogP contribution < -0.4 is 5.32 Å². The fourth-order valence-electron chi connectivity index (χ4n) is 3.73.